The summed E-state index contributed by atoms with van der Waals surface area (Å²) in [4.78, 5) is 26.7. The van der Waals surface area contributed by atoms with Crippen molar-refractivity contribution in [1.82, 2.24) is 5.43 Å². The molecule has 146 valence electrons. The zero-order valence-corrected chi connectivity index (χ0v) is 16.3. The van der Waals surface area contributed by atoms with Gasteiger partial charge in [-0.1, -0.05) is 24.3 Å². The highest BCUT2D eigenvalue weighted by Crippen LogP contribution is 2.36. The predicted octanol–water partition coefficient (Wildman–Crippen LogP) is 3.74. The highest BCUT2D eigenvalue weighted by atomic mass is 16.5. The van der Waals surface area contributed by atoms with E-state index in [0.29, 0.717) is 17.9 Å². The molecule has 2 amide bonds. The fourth-order valence-electron chi connectivity index (χ4n) is 3.48. The first-order chi connectivity index (χ1) is 14.1. The predicted molar refractivity (Wildman–Crippen MR) is 114 cm³/mol. The van der Waals surface area contributed by atoms with Gasteiger partial charge < -0.3 is 4.74 Å². The molecule has 6 heteroatoms. The Morgan fingerprint density at radius 3 is 2.52 bits per heavy atom. The molecule has 0 radical (unpaired) electrons. The van der Waals surface area contributed by atoms with Crippen molar-refractivity contribution in [2.75, 3.05) is 18.1 Å². The van der Waals surface area contributed by atoms with Crippen LogP contribution in [0.1, 0.15) is 29.8 Å². The third kappa shape index (κ3) is 3.57. The van der Waals surface area contributed by atoms with Crippen LogP contribution < -0.4 is 15.1 Å². The van der Waals surface area contributed by atoms with Crippen LogP contribution in [0.3, 0.4) is 0 Å². The molecule has 3 aromatic carbocycles. The van der Waals surface area contributed by atoms with E-state index in [0.717, 1.165) is 27.8 Å². The highest BCUT2D eigenvalue weighted by Gasteiger charge is 2.30. The molecule has 6 nitrogen and oxygen atoms in total. The van der Waals surface area contributed by atoms with Gasteiger partial charge in [0, 0.05) is 10.9 Å². The number of carbonyl (C=O) groups excluding carboxylic acids is 2. The zero-order chi connectivity index (χ0) is 20.4. The van der Waals surface area contributed by atoms with E-state index >= 15 is 0 Å². The van der Waals surface area contributed by atoms with E-state index in [1.54, 1.807) is 6.07 Å². The Morgan fingerprint density at radius 2 is 1.79 bits per heavy atom. The number of ether oxygens (including phenoxy) is 1. The lowest BCUT2D eigenvalue weighted by Gasteiger charge is -2.16. The number of nitrogens with zero attached hydrogens (tertiary/aromatic N) is 2. The second kappa shape index (κ2) is 7.75. The van der Waals surface area contributed by atoms with Crippen molar-refractivity contribution in [3.8, 4) is 5.75 Å². The van der Waals surface area contributed by atoms with E-state index in [4.69, 9.17) is 4.74 Å². The molecule has 0 aromatic heterocycles. The van der Waals surface area contributed by atoms with E-state index in [1.807, 2.05) is 68.4 Å². The van der Waals surface area contributed by atoms with Crippen LogP contribution in [0.4, 0.5) is 5.69 Å². The molecule has 1 aliphatic rings. The van der Waals surface area contributed by atoms with Crippen LogP contribution in [-0.2, 0) is 4.79 Å². The van der Waals surface area contributed by atoms with Crippen molar-refractivity contribution in [1.29, 1.82) is 0 Å². The number of amides is 2. The molecule has 1 aliphatic heterocycles. The summed E-state index contributed by atoms with van der Waals surface area (Å²) in [6.45, 7) is 4.26. The third-order valence-electron chi connectivity index (χ3n) is 4.88. The molecule has 0 unspecified atom stereocenters. The van der Waals surface area contributed by atoms with Crippen LogP contribution in [0.15, 0.2) is 65.8 Å². The summed E-state index contributed by atoms with van der Waals surface area (Å²) in [7, 11) is 0. The van der Waals surface area contributed by atoms with Gasteiger partial charge in [0.25, 0.3) is 11.8 Å². The van der Waals surface area contributed by atoms with Crippen LogP contribution in [-0.4, -0.2) is 30.7 Å². The second-order valence-corrected chi connectivity index (χ2v) is 6.76. The van der Waals surface area contributed by atoms with Crippen molar-refractivity contribution in [3.63, 3.8) is 0 Å². The first-order valence-electron chi connectivity index (χ1n) is 9.48. The Labute approximate surface area is 168 Å². The maximum atomic E-state index is 12.8. The van der Waals surface area contributed by atoms with Crippen molar-refractivity contribution >= 4 is 34.0 Å². The molecule has 29 heavy (non-hydrogen) atoms. The normalized spacial score (nSPS) is 13.1. The number of anilines is 1. The van der Waals surface area contributed by atoms with Crippen LogP contribution in [0.2, 0.25) is 0 Å². The van der Waals surface area contributed by atoms with Crippen molar-refractivity contribution in [2.45, 2.75) is 13.8 Å². The quantitative estimate of drug-likeness (QED) is 0.517. The molecule has 0 aliphatic carbocycles. The minimum Gasteiger partial charge on any atom is -0.494 e. The maximum absolute atomic E-state index is 12.8. The number of hydrogen-bond acceptors (Lipinski definition) is 4. The third-order valence-corrected chi connectivity index (χ3v) is 4.88. The molecule has 0 spiro atoms. The van der Waals surface area contributed by atoms with Gasteiger partial charge in [-0.3, -0.25) is 14.5 Å². The monoisotopic (exact) mass is 387 g/mol. The van der Waals surface area contributed by atoms with Gasteiger partial charge in [0.05, 0.1) is 18.0 Å². The summed E-state index contributed by atoms with van der Waals surface area (Å²) in [5.74, 6) is 0.266. The molecule has 4 rings (SSSR count). The van der Waals surface area contributed by atoms with Crippen molar-refractivity contribution < 1.29 is 14.3 Å². The molecule has 0 bridgehead atoms. The van der Waals surface area contributed by atoms with E-state index < -0.39 is 0 Å². The number of hydrogen-bond donors (Lipinski definition) is 1. The molecule has 3 aromatic rings. The number of benzene rings is 3. The Morgan fingerprint density at radius 1 is 1.07 bits per heavy atom. The molecular formula is C23H21N3O3. The Bertz CT molecular complexity index is 1110. The molecule has 1 heterocycles. The van der Waals surface area contributed by atoms with Crippen LogP contribution in [0.25, 0.3) is 10.8 Å². The standard InChI is InChI=1S/C23H21N3O3/c1-3-29-18-12-10-16(11-13-18)15(2)24-25-21(27)14-26-20-9-5-7-17-6-4-8-19(22(17)20)23(26)28/h4-13H,3,14H2,1-2H3,(H,25,27)/b24-15-. The van der Waals surface area contributed by atoms with Gasteiger partial charge >= 0.3 is 0 Å². The second-order valence-electron chi connectivity index (χ2n) is 6.76. The molecule has 0 fully saturated rings. The summed E-state index contributed by atoms with van der Waals surface area (Å²) in [6.07, 6.45) is 0. The molecular weight excluding hydrogens is 366 g/mol. The maximum Gasteiger partial charge on any atom is 0.260 e. The van der Waals surface area contributed by atoms with Gasteiger partial charge in [-0.25, -0.2) is 5.43 Å². The molecule has 0 atom stereocenters. The number of hydrazone groups is 1. The Balaban J connectivity index is 1.46. The van der Waals surface area contributed by atoms with E-state index in [9.17, 15) is 9.59 Å². The minimum atomic E-state index is -0.353. The van der Waals surface area contributed by atoms with Crippen LogP contribution in [0, 0.1) is 0 Å². The van der Waals surface area contributed by atoms with Gasteiger partial charge in [-0.15, -0.1) is 0 Å². The first kappa shape index (κ1) is 18.7. The van der Waals surface area contributed by atoms with Gasteiger partial charge in [0.15, 0.2) is 0 Å². The van der Waals surface area contributed by atoms with Gasteiger partial charge in [0.1, 0.15) is 12.3 Å². The fraction of sp³-hybridized carbons (Fsp3) is 0.174. The Hall–Kier alpha value is -3.67. The zero-order valence-electron chi connectivity index (χ0n) is 16.3. The number of rotatable bonds is 6. The molecule has 1 N–H and O–H groups in total. The number of nitrogens with one attached hydrogen (secondary N) is 1. The lowest BCUT2D eigenvalue weighted by atomic mass is 10.1. The SMILES string of the molecule is CCOc1ccc(/C(C)=N\NC(=O)CN2C(=O)c3cccc4cccc2c34)cc1. The average Bonchev–Trinajstić information content (AvgIpc) is 3.01. The van der Waals surface area contributed by atoms with Crippen molar-refractivity contribution in [3.05, 3.63) is 71.8 Å². The number of carbonyl (C=O) groups is 2. The van der Waals surface area contributed by atoms with Crippen LogP contribution >= 0.6 is 0 Å². The summed E-state index contributed by atoms with van der Waals surface area (Å²) in [6, 6.07) is 18.8. The average molecular weight is 387 g/mol. The largest absolute Gasteiger partial charge is 0.494 e. The van der Waals surface area contributed by atoms with E-state index in [-0.39, 0.29) is 18.4 Å². The lowest BCUT2D eigenvalue weighted by molar-refractivity contribution is -0.119. The van der Waals surface area contributed by atoms with E-state index in [2.05, 4.69) is 10.5 Å². The smallest absolute Gasteiger partial charge is 0.260 e. The van der Waals surface area contributed by atoms with Gasteiger partial charge in [-0.2, -0.15) is 5.10 Å². The summed E-state index contributed by atoms with van der Waals surface area (Å²) in [5, 5.41) is 6.05. The highest BCUT2D eigenvalue weighted by molar-refractivity contribution is 6.26. The fourth-order valence-corrected chi connectivity index (χ4v) is 3.48. The van der Waals surface area contributed by atoms with Crippen molar-refractivity contribution in [2.24, 2.45) is 5.10 Å². The Kier molecular flexibility index (Phi) is 4.99. The summed E-state index contributed by atoms with van der Waals surface area (Å²) >= 11 is 0. The van der Waals surface area contributed by atoms with Gasteiger partial charge in [0.2, 0.25) is 0 Å². The van der Waals surface area contributed by atoms with Gasteiger partial charge in [-0.05, 0) is 61.2 Å². The summed E-state index contributed by atoms with van der Waals surface area (Å²) in [5.41, 5.74) is 5.48. The lowest BCUT2D eigenvalue weighted by Crippen LogP contribution is -2.37. The molecule has 0 saturated carbocycles. The minimum absolute atomic E-state index is 0.0906. The molecule has 0 saturated heterocycles. The topological polar surface area (TPSA) is 71.0 Å². The van der Waals surface area contributed by atoms with Crippen LogP contribution in [0.5, 0.6) is 5.75 Å². The first-order valence-corrected chi connectivity index (χ1v) is 9.48. The summed E-state index contributed by atoms with van der Waals surface area (Å²) < 4.78 is 5.43. The van der Waals surface area contributed by atoms with E-state index in [1.165, 1.54) is 4.90 Å².